The fourth-order valence-electron chi connectivity index (χ4n) is 3.29. The van der Waals surface area contributed by atoms with Crippen molar-refractivity contribution in [1.29, 1.82) is 0 Å². The summed E-state index contributed by atoms with van der Waals surface area (Å²) < 4.78 is 19.7. The molecule has 1 aliphatic rings. The summed E-state index contributed by atoms with van der Waals surface area (Å²) in [4.78, 5) is 12.3. The molecule has 0 saturated carbocycles. The summed E-state index contributed by atoms with van der Waals surface area (Å²) in [5, 5.41) is 7.26. The number of benzene rings is 1. The van der Waals surface area contributed by atoms with Crippen LogP contribution in [0.4, 0.5) is 4.79 Å². The summed E-state index contributed by atoms with van der Waals surface area (Å²) in [5.74, 6) is 0.496. The SMILES string of the molecule is CC(C)Cn1cc(C=C(CNC(=O)OCc2ccccc2)B2OC(C)(C)C(C)(C)O2)cn1. The van der Waals surface area contributed by atoms with Gasteiger partial charge in [0.25, 0.3) is 0 Å². The lowest BCUT2D eigenvalue weighted by Crippen LogP contribution is -2.41. The highest BCUT2D eigenvalue weighted by molar-refractivity contribution is 6.56. The number of hydrogen-bond acceptors (Lipinski definition) is 5. The van der Waals surface area contributed by atoms with E-state index >= 15 is 0 Å². The van der Waals surface area contributed by atoms with E-state index in [-0.39, 0.29) is 13.2 Å². The Morgan fingerprint density at radius 3 is 2.47 bits per heavy atom. The van der Waals surface area contributed by atoms with Crippen LogP contribution in [0.1, 0.15) is 52.7 Å². The molecule has 8 heteroatoms. The van der Waals surface area contributed by atoms with Crippen LogP contribution in [0.3, 0.4) is 0 Å². The van der Waals surface area contributed by atoms with Gasteiger partial charge < -0.3 is 19.4 Å². The first-order valence-electron chi connectivity index (χ1n) is 11.1. The molecule has 0 atom stereocenters. The Balaban J connectivity index is 1.70. The third-order valence-corrected chi connectivity index (χ3v) is 5.76. The molecule has 1 N–H and O–H groups in total. The summed E-state index contributed by atoms with van der Waals surface area (Å²) in [6.07, 6.45) is 5.26. The lowest BCUT2D eigenvalue weighted by atomic mass is 9.77. The Morgan fingerprint density at radius 1 is 1.19 bits per heavy atom. The van der Waals surface area contributed by atoms with E-state index in [9.17, 15) is 4.79 Å². The minimum atomic E-state index is -0.581. The summed E-state index contributed by atoms with van der Waals surface area (Å²) in [7, 11) is -0.581. The van der Waals surface area contributed by atoms with Crippen molar-refractivity contribution in [1.82, 2.24) is 15.1 Å². The number of aromatic nitrogens is 2. The Bertz CT molecular complexity index is 922. The van der Waals surface area contributed by atoms with Crippen LogP contribution in [0, 0.1) is 5.92 Å². The number of amides is 1. The molecule has 2 aromatic rings. The highest BCUT2D eigenvalue weighted by atomic mass is 16.7. The fourth-order valence-corrected chi connectivity index (χ4v) is 3.29. The van der Waals surface area contributed by atoms with E-state index in [1.54, 1.807) is 6.20 Å². The maximum absolute atomic E-state index is 12.3. The van der Waals surface area contributed by atoms with Crippen LogP contribution < -0.4 is 5.32 Å². The molecule has 1 aromatic heterocycles. The highest BCUT2D eigenvalue weighted by Gasteiger charge is 2.52. The number of nitrogens with one attached hydrogen (secondary N) is 1. The van der Waals surface area contributed by atoms with E-state index < -0.39 is 24.4 Å². The Hall–Kier alpha value is -2.58. The van der Waals surface area contributed by atoms with Crippen molar-refractivity contribution in [2.45, 2.75) is 65.9 Å². The first-order chi connectivity index (χ1) is 15.1. The Kier molecular flexibility index (Phi) is 7.46. The zero-order valence-electron chi connectivity index (χ0n) is 19.9. The van der Waals surface area contributed by atoms with Crippen LogP contribution >= 0.6 is 0 Å². The van der Waals surface area contributed by atoms with Crippen molar-refractivity contribution in [3.63, 3.8) is 0 Å². The van der Waals surface area contributed by atoms with Gasteiger partial charge in [0, 0.05) is 24.8 Å². The molecule has 0 aliphatic carbocycles. The quantitative estimate of drug-likeness (QED) is 0.614. The molecule has 2 heterocycles. The number of carbonyl (C=O) groups is 1. The number of hydrogen-bond donors (Lipinski definition) is 1. The first-order valence-corrected chi connectivity index (χ1v) is 11.1. The summed E-state index contributed by atoms with van der Waals surface area (Å²) in [5.41, 5.74) is 1.69. The van der Waals surface area contributed by atoms with Crippen molar-refractivity contribution in [2.24, 2.45) is 5.92 Å². The zero-order chi connectivity index (χ0) is 23.4. The van der Waals surface area contributed by atoms with Crippen LogP contribution in [0.15, 0.2) is 48.2 Å². The van der Waals surface area contributed by atoms with E-state index in [4.69, 9.17) is 14.0 Å². The molecule has 1 aliphatic heterocycles. The third kappa shape index (κ3) is 6.23. The largest absolute Gasteiger partial charge is 0.492 e. The minimum Gasteiger partial charge on any atom is -0.445 e. The molecule has 172 valence electrons. The molecule has 0 spiro atoms. The van der Waals surface area contributed by atoms with Gasteiger partial charge in [0.1, 0.15) is 6.61 Å². The van der Waals surface area contributed by atoms with Gasteiger partial charge in [-0.05, 0) is 44.6 Å². The topological polar surface area (TPSA) is 74.6 Å². The molecule has 1 fully saturated rings. The van der Waals surface area contributed by atoms with E-state index in [2.05, 4.69) is 24.3 Å². The van der Waals surface area contributed by atoms with Crippen molar-refractivity contribution >= 4 is 19.3 Å². The van der Waals surface area contributed by atoms with Gasteiger partial charge in [0.2, 0.25) is 0 Å². The summed E-state index contributed by atoms with van der Waals surface area (Å²) >= 11 is 0. The molecule has 7 nitrogen and oxygen atoms in total. The van der Waals surface area contributed by atoms with Gasteiger partial charge in [-0.3, -0.25) is 4.68 Å². The zero-order valence-corrected chi connectivity index (χ0v) is 19.9. The second-order valence-electron chi connectivity index (χ2n) is 9.61. The summed E-state index contributed by atoms with van der Waals surface area (Å²) in [6, 6.07) is 9.58. The minimum absolute atomic E-state index is 0.212. The predicted octanol–water partition coefficient (Wildman–Crippen LogP) is 4.48. The molecule has 3 rings (SSSR count). The first kappa shape index (κ1) is 24.1. The van der Waals surface area contributed by atoms with E-state index in [1.807, 2.05) is 75.0 Å². The van der Waals surface area contributed by atoms with Gasteiger partial charge in [-0.15, -0.1) is 0 Å². The van der Waals surface area contributed by atoms with E-state index in [0.717, 1.165) is 23.1 Å². The number of ether oxygens (including phenoxy) is 1. The Morgan fingerprint density at radius 2 is 1.84 bits per heavy atom. The van der Waals surface area contributed by atoms with Crippen LogP contribution in [0.25, 0.3) is 6.08 Å². The van der Waals surface area contributed by atoms with E-state index in [1.165, 1.54) is 0 Å². The Labute approximate surface area is 191 Å². The van der Waals surface area contributed by atoms with Gasteiger partial charge in [-0.1, -0.05) is 50.3 Å². The third-order valence-electron chi connectivity index (χ3n) is 5.76. The average molecular weight is 439 g/mol. The molecule has 0 radical (unpaired) electrons. The standard InChI is InChI=1S/C24H34BN3O4/c1-18(2)15-28-16-20(13-27-28)12-21(25-31-23(3,4)24(5,6)32-25)14-26-22(29)30-17-19-10-8-7-9-11-19/h7-13,16,18H,14-15,17H2,1-6H3,(H,26,29). The van der Waals surface area contributed by atoms with Crippen LogP contribution in [-0.4, -0.2) is 40.7 Å². The second kappa shape index (κ2) is 9.92. The van der Waals surface area contributed by atoms with Crippen molar-refractivity contribution in [2.75, 3.05) is 6.54 Å². The van der Waals surface area contributed by atoms with Crippen molar-refractivity contribution in [3.8, 4) is 0 Å². The number of rotatable bonds is 8. The van der Waals surface area contributed by atoms with Gasteiger partial charge in [0.15, 0.2) is 0 Å². The maximum Gasteiger partial charge on any atom is 0.492 e. The molecule has 32 heavy (non-hydrogen) atoms. The van der Waals surface area contributed by atoms with E-state index in [0.29, 0.717) is 5.92 Å². The number of nitrogens with zero attached hydrogens (tertiary/aromatic N) is 2. The predicted molar refractivity (Wildman–Crippen MR) is 126 cm³/mol. The highest BCUT2D eigenvalue weighted by Crippen LogP contribution is 2.38. The lowest BCUT2D eigenvalue weighted by molar-refractivity contribution is 0.00578. The van der Waals surface area contributed by atoms with Crippen molar-refractivity contribution in [3.05, 3.63) is 59.3 Å². The fraction of sp³-hybridized carbons (Fsp3) is 0.500. The number of carbonyl (C=O) groups excluding carboxylic acids is 1. The molecule has 1 aromatic carbocycles. The van der Waals surface area contributed by atoms with Crippen LogP contribution in [-0.2, 0) is 27.2 Å². The lowest BCUT2D eigenvalue weighted by Gasteiger charge is -2.32. The molecular formula is C24H34BN3O4. The average Bonchev–Trinajstić information content (AvgIpc) is 3.24. The normalized spacial score (nSPS) is 17.6. The summed E-state index contributed by atoms with van der Waals surface area (Å²) in [6.45, 7) is 13.6. The van der Waals surface area contributed by atoms with Crippen molar-refractivity contribution < 1.29 is 18.8 Å². The molecular weight excluding hydrogens is 405 g/mol. The second-order valence-corrected chi connectivity index (χ2v) is 9.61. The van der Waals surface area contributed by atoms with Crippen LogP contribution in [0.5, 0.6) is 0 Å². The smallest absolute Gasteiger partial charge is 0.445 e. The van der Waals surface area contributed by atoms with Gasteiger partial charge in [-0.25, -0.2) is 4.79 Å². The van der Waals surface area contributed by atoms with Gasteiger partial charge in [0.05, 0.1) is 17.4 Å². The number of alkyl carbamates (subject to hydrolysis) is 1. The molecule has 1 saturated heterocycles. The van der Waals surface area contributed by atoms with Crippen LogP contribution in [0.2, 0.25) is 0 Å². The van der Waals surface area contributed by atoms with Gasteiger partial charge >= 0.3 is 13.2 Å². The molecule has 1 amide bonds. The maximum atomic E-state index is 12.3. The molecule has 0 unspecified atom stereocenters. The molecule has 0 bridgehead atoms. The monoisotopic (exact) mass is 439 g/mol. The van der Waals surface area contributed by atoms with Gasteiger partial charge in [-0.2, -0.15) is 5.10 Å².